The molecule has 1 N–H and O–H groups in total. The van der Waals surface area contributed by atoms with Gasteiger partial charge in [0.05, 0.1) is 0 Å². The van der Waals surface area contributed by atoms with E-state index in [1.54, 1.807) is 0 Å². The molecule has 0 aromatic heterocycles. The summed E-state index contributed by atoms with van der Waals surface area (Å²) in [5.41, 5.74) is 2.03. The van der Waals surface area contributed by atoms with Crippen LogP contribution in [0.5, 0.6) is 0 Å². The van der Waals surface area contributed by atoms with Crippen LogP contribution in [-0.4, -0.2) is 37.0 Å². The lowest BCUT2D eigenvalue weighted by Crippen LogP contribution is -2.35. The van der Waals surface area contributed by atoms with Crippen LogP contribution in [0.4, 0.5) is 0 Å². The summed E-state index contributed by atoms with van der Waals surface area (Å²) in [5.74, 6) is 1.43. The Hall–Kier alpha value is -1.35. The van der Waals surface area contributed by atoms with Crippen LogP contribution in [0.1, 0.15) is 61.9 Å². The van der Waals surface area contributed by atoms with Gasteiger partial charge in [0.1, 0.15) is 0 Å². The monoisotopic (exact) mass is 302 g/mol. The van der Waals surface area contributed by atoms with Crippen LogP contribution in [0.25, 0.3) is 0 Å². The minimum Gasteiger partial charge on any atom is -0.352 e. The van der Waals surface area contributed by atoms with Crippen LogP contribution in [0, 0.1) is 5.92 Å². The fraction of sp³-hybridized carbons (Fsp3) is 0.632. The quantitative estimate of drug-likeness (QED) is 0.813. The lowest BCUT2D eigenvalue weighted by molar-refractivity contribution is 0.0950. The van der Waals surface area contributed by atoms with Crippen molar-refractivity contribution in [3.63, 3.8) is 0 Å². The number of benzene rings is 1. The molecule has 3 heteroatoms. The molecule has 1 fully saturated rings. The molecule has 0 spiro atoms. The van der Waals surface area contributed by atoms with Gasteiger partial charge in [-0.3, -0.25) is 4.79 Å². The predicted octanol–water partition coefficient (Wildman–Crippen LogP) is 3.66. The summed E-state index contributed by atoms with van der Waals surface area (Å²) in [6.07, 6.45) is 3.66. The zero-order chi connectivity index (χ0) is 15.9. The molecular weight excluding hydrogens is 272 g/mol. The van der Waals surface area contributed by atoms with Gasteiger partial charge >= 0.3 is 0 Å². The molecule has 0 radical (unpaired) electrons. The predicted molar refractivity (Wildman–Crippen MR) is 92.3 cm³/mol. The van der Waals surface area contributed by atoms with Gasteiger partial charge in [0.25, 0.3) is 5.91 Å². The molecule has 22 heavy (non-hydrogen) atoms. The number of amides is 1. The first-order valence-electron chi connectivity index (χ1n) is 8.66. The normalized spacial score (nSPS) is 16.9. The fourth-order valence-electron chi connectivity index (χ4n) is 2.91. The number of rotatable bonds is 6. The van der Waals surface area contributed by atoms with E-state index in [-0.39, 0.29) is 5.91 Å². The standard InChI is InChI=1S/C19H30N2O/c1-15(2)17-5-7-18(8-6-17)19(22)20-11-4-12-21-13-9-16(3)10-14-21/h5-8,15-16H,4,9-14H2,1-3H3,(H,20,22). The van der Waals surface area contributed by atoms with E-state index >= 15 is 0 Å². The van der Waals surface area contributed by atoms with Crippen LogP contribution in [0.3, 0.4) is 0 Å². The molecular formula is C19H30N2O. The van der Waals surface area contributed by atoms with Crippen molar-refractivity contribution in [2.45, 2.75) is 46.0 Å². The molecule has 1 aliphatic rings. The Kier molecular flexibility index (Phi) is 6.44. The number of hydrogen-bond donors (Lipinski definition) is 1. The van der Waals surface area contributed by atoms with Crippen molar-refractivity contribution in [3.8, 4) is 0 Å². The van der Waals surface area contributed by atoms with Crippen molar-refractivity contribution in [1.82, 2.24) is 10.2 Å². The molecule has 1 saturated heterocycles. The second kappa shape index (κ2) is 8.33. The van der Waals surface area contributed by atoms with Gasteiger partial charge in [0.2, 0.25) is 0 Å². The Morgan fingerprint density at radius 1 is 1.23 bits per heavy atom. The third-order valence-corrected chi connectivity index (χ3v) is 4.65. The molecule has 1 heterocycles. The number of nitrogens with one attached hydrogen (secondary N) is 1. The Morgan fingerprint density at radius 2 is 1.86 bits per heavy atom. The van der Waals surface area contributed by atoms with E-state index in [9.17, 15) is 4.79 Å². The van der Waals surface area contributed by atoms with Crippen molar-refractivity contribution in [1.29, 1.82) is 0 Å². The van der Waals surface area contributed by atoms with Crippen LogP contribution >= 0.6 is 0 Å². The van der Waals surface area contributed by atoms with Crippen molar-refractivity contribution in [3.05, 3.63) is 35.4 Å². The van der Waals surface area contributed by atoms with Crippen LogP contribution in [0.15, 0.2) is 24.3 Å². The first kappa shape index (κ1) is 17.0. The highest BCUT2D eigenvalue weighted by atomic mass is 16.1. The highest BCUT2D eigenvalue weighted by molar-refractivity contribution is 5.94. The molecule has 1 amide bonds. The summed E-state index contributed by atoms with van der Waals surface area (Å²) in [6, 6.07) is 7.95. The van der Waals surface area contributed by atoms with Gasteiger partial charge in [0, 0.05) is 12.1 Å². The van der Waals surface area contributed by atoms with Crippen LogP contribution in [0.2, 0.25) is 0 Å². The van der Waals surface area contributed by atoms with Gasteiger partial charge < -0.3 is 10.2 Å². The third-order valence-electron chi connectivity index (χ3n) is 4.65. The lowest BCUT2D eigenvalue weighted by Gasteiger charge is -2.30. The number of carbonyl (C=O) groups is 1. The number of likely N-dealkylation sites (tertiary alicyclic amines) is 1. The summed E-state index contributed by atoms with van der Waals surface area (Å²) in [5, 5.41) is 3.03. The topological polar surface area (TPSA) is 32.3 Å². The molecule has 1 aromatic rings. The van der Waals surface area contributed by atoms with E-state index in [2.05, 4.69) is 43.1 Å². The van der Waals surface area contributed by atoms with Crippen molar-refractivity contribution in [2.75, 3.05) is 26.2 Å². The van der Waals surface area contributed by atoms with E-state index in [4.69, 9.17) is 0 Å². The van der Waals surface area contributed by atoms with Gasteiger partial charge in [-0.15, -0.1) is 0 Å². The zero-order valence-electron chi connectivity index (χ0n) is 14.3. The second-order valence-electron chi connectivity index (χ2n) is 6.91. The summed E-state index contributed by atoms with van der Waals surface area (Å²) < 4.78 is 0. The molecule has 0 aliphatic carbocycles. The lowest BCUT2D eigenvalue weighted by atomic mass is 9.99. The van der Waals surface area contributed by atoms with Crippen LogP contribution < -0.4 is 5.32 Å². The average Bonchev–Trinajstić information content (AvgIpc) is 2.53. The maximum atomic E-state index is 12.1. The summed E-state index contributed by atoms with van der Waals surface area (Å²) in [6.45, 7) is 10.9. The average molecular weight is 302 g/mol. The molecule has 3 nitrogen and oxygen atoms in total. The first-order valence-corrected chi connectivity index (χ1v) is 8.66. The number of carbonyl (C=O) groups excluding carboxylic acids is 1. The maximum Gasteiger partial charge on any atom is 0.251 e. The largest absolute Gasteiger partial charge is 0.352 e. The van der Waals surface area contributed by atoms with E-state index in [0.29, 0.717) is 5.92 Å². The molecule has 122 valence electrons. The molecule has 0 unspecified atom stereocenters. The van der Waals surface area contributed by atoms with Gasteiger partial charge in [-0.1, -0.05) is 32.9 Å². The van der Waals surface area contributed by atoms with E-state index in [1.807, 2.05) is 12.1 Å². The van der Waals surface area contributed by atoms with Gasteiger partial charge in [-0.2, -0.15) is 0 Å². The third kappa shape index (κ3) is 5.13. The van der Waals surface area contributed by atoms with Gasteiger partial charge in [-0.05, 0) is 68.4 Å². The SMILES string of the molecule is CC1CCN(CCCNC(=O)c2ccc(C(C)C)cc2)CC1. The minimum atomic E-state index is 0.0440. The van der Waals surface area contributed by atoms with E-state index in [1.165, 1.54) is 31.5 Å². The summed E-state index contributed by atoms with van der Waals surface area (Å²) in [4.78, 5) is 14.6. The second-order valence-corrected chi connectivity index (χ2v) is 6.91. The highest BCUT2D eigenvalue weighted by Crippen LogP contribution is 2.16. The molecule has 0 saturated carbocycles. The number of nitrogens with zero attached hydrogens (tertiary/aromatic N) is 1. The van der Waals surface area contributed by atoms with Gasteiger partial charge in [-0.25, -0.2) is 0 Å². The molecule has 1 aliphatic heterocycles. The summed E-state index contributed by atoms with van der Waals surface area (Å²) in [7, 11) is 0. The molecule has 1 aromatic carbocycles. The Balaban J connectivity index is 1.67. The van der Waals surface area contributed by atoms with Crippen molar-refractivity contribution in [2.24, 2.45) is 5.92 Å². The highest BCUT2D eigenvalue weighted by Gasteiger charge is 2.15. The Labute approximate surface area is 135 Å². The molecule has 2 rings (SSSR count). The number of hydrogen-bond acceptors (Lipinski definition) is 2. The Bertz CT molecular complexity index is 459. The smallest absolute Gasteiger partial charge is 0.251 e. The zero-order valence-corrected chi connectivity index (χ0v) is 14.3. The maximum absolute atomic E-state index is 12.1. The number of piperidine rings is 1. The Morgan fingerprint density at radius 3 is 2.45 bits per heavy atom. The van der Waals surface area contributed by atoms with Crippen molar-refractivity contribution < 1.29 is 4.79 Å². The first-order chi connectivity index (χ1) is 10.6. The van der Waals surface area contributed by atoms with E-state index in [0.717, 1.165) is 31.0 Å². The fourth-order valence-corrected chi connectivity index (χ4v) is 2.91. The van der Waals surface area contributed by atoms with Gasteiger partial charge in [0.15, 0.2) is 0 Å². The van der Waals surface area contributed by atoms with Crippen LogP contribution in [-0.2, 0) is 0 Å². The van der Waals surface area contributed by atoms with E-state index < -0.39 is 0 Å². The molecule has 0 atom stereocenters. The van der Waals surface area contributed by atoms with Crippen molar-refractivity contribution >= 4 is 5.91 Å². The minimum absolute atomic E-state index is 0.0440. The summed E-state index contributed by atoms with van der Waals surface area (Å²) >= 11 is 0. The molecule has 0 bridgehead atoms.